The molecule has 4 nitrogen and oxygen atoms in total. The Morgan fingerprint density at radius 3 is 2.64 bits per heavy atom. The average Bonchev–Trinajstić information content (AvgIpc) is 2.57. The molecule has 1 aromatic heterocycles. The zero-order chi connectivity index (χ0) is 10.1. The fourth-order valence-corrected chi connectivity index (χ4v) is 2.30. The van der Waals surface area contributed by atoms with Crippen molar-refractivity contribution in [3.63, 3.8) is 0 Å². The fourth-order valence-electron chi connectivity index (χ4n) is 1.29. The van der Waals surface area contributed by atoms with E-state index < -0.39 is 0 Å². The van der Waals surface area contributed by atoms with Crippen molar-refractivity contribution < 1.29 is 5.11 Å². The number of nitrogens with zero attached hydrogens (tertiary/aromatic N) is 1. The molecule has 5 N–H and O–H groups in total. The van der Waals surface area contributed by atoms with Crippen LogP contribution in [-0.4, -0.2) is 16.7 Å². The predicted molar refractivity (Wildman–Crippen MR) is 59.2 cm³/mol. The quantitative estimate of drug-likeness (QED) is 0.644. The van der Waals surface area contributed by atoms with Gasteiger partial charge in [0.2, 0.25) is 0 Å². The first-order valence-corrected chi connectivity index (χ1v) is 5.08. The molecule has 0 unspecified atom stereocenters. The summed E-state index contributed by atoms with van der Waals surface area (Å²) < 4.78 is 0.911. The SMILES string of the molecule is Nc1ccc(N)c2sc(CCO)nc12. The van der Waals surface area contributed by atoms with Gasteiger partial charge in [-0.15, -0.1) is 11.3 Å². The number of rotatable bonds is 2. The van der Waals surface area contributed by atoms with Crippen molar-refractivity contribution in [3.05, 3.63) is 17.1 Å². The molecule has 0 saturated heterocycles. The molecule has 0 atom stereocenters. The summed E-state index contributed by atoms with van der Waals surface area (Å²) in [6.07, 6.45) is 0.554. The van der Waals surface area contributed by atoms with Gasteiger partial charge in [-0.05, 0) is 12.1 Å². The van der Waals surface area contributed by atoms with Gasteiger partial charge in [0, 0.05) is 13.0 Å². The van der Waals surface area contributed by atoms with Crippen LogP contribution in [0.25, 0.3) is 10.2 Å². The third-order valence-corrected chi connectivity index (χ3v) is 3.14. The first kappa shape index (κ1) is 9.23. The highest BCUT2D eigenvalue weighted by molar-refractivity contribution is 7.19. The number of nitrogen functional groups attached to an aromatic ring is 2. The summed E-state index contributed by atoms with van der Waals surface area (Å²) in [5.41, 5.74) is 13.6. The molecule has 14 heavy (non-hydrogen) atoms. The molecule has 0 aliphatic carbocycles. The predicted octanol–water partition coefficient (Wildman–Crippen LogP) is 0.996. The third kappa shape index (κ3) is 1.40. The van der Waals surface area contributed by atoms with Crippen LogP contribution in [0.15, 0.2) is 12.1 Å². The van der Waals surface area contributed by atoms with Gasteiger partial charge < -0.3 is 16.6 Å². The Morgan fingerprint density at radius 1 is 1.29 bits per heavy atom. The van der Waals surface area contributed by atoms with Crippen LogP contribution < -0.4 is 11.5 Å². The Kier molecular flexibility index (Phi) is 2.26. The maximum atomic E-state index is 8.79. The lowest BCUT2D eigenvalue weighted by Crippen LogP contribution is -1.91. The smallest absolute Gasteiger partial charge is 0.107 e. The number of aliphatic hydroxyl groups excluding tert-OH is 1. The van der Waals surface area contributed by atoms with Gasteiger partial charge in [-0.3, -0.25) is 0 Å². The summed E-state index contributed by atoms with van der Waals surface area (Å²) >= 11 is 1.49. The zero-order valence-corrected chi connectivity index (χ0v) is 8.34. The van der Waals surface area contributed by atoms with Gasteiger partial charge in [0.25, 0.3) is 0 Å². The van der Waals surface area contributed by atoms with E-state index in [1.165, 1.54) is 11.3 Å². The van der Waals surface area contributed by atoms with E-state index in [0.717, 1.165) is 15.2 Å². The molecule has 1 heterocycles. The molecule has 0 amide bonds. The lowest BCUT2D eigenvalue weighted by atomic mass is 10.2. The topological polar surface area (TPSA) is 85.2 Å². The molecule has 5 heteroatoms. The summed E-state index contributed by atoms with van der Waals surface area (Å²) in [6.45, 7) is 0.0969. The van der Waals surface area contributed by atoms with E-state index >= 15 is 0 Å². The second-order valence-electron chi connectivity index (χ2n) is 3.00. The van der Waals surface area contributed by atoms with Crippen molar-refractivity contribution in [1.82, 2.24) is 4.98 Å². The van der Waals surface area contributed by atoms with Gasteiger partial charge in [0.1, 0.15) is 5.52 Å². The number of anilines is 2. The number of fused-ring (bicyclic) bond motifs is 1. The van der Waals surface area contributed by atoms with E-state index in [4.69, 9.17) is 16.6 Å². The van der Waals surface area contributed by atoms with E-state index in [2.05, 4.69) is 4.98 Å². The van der Waals surface area contributed by atoms with E-state index in [1.807, 2.05) is 0 Å². The second kappa shape index (κ2) is 3.43. The normalized spacial score (nSPS) is 10.9. The molecule has 1 aromatic carbocycles. The van der Waals surface area contributed by atoms with Crippen LogP contribution in [0, 0.1) is 0 Å². The second-order valence-corrected chi connectivity index (χ2v) is 4.09. The minimum atomic E-state index is 0.0969. The maximum absolute atomic E-state index is 8.79. The highest BCUT2D eigenvalue weighted by Crippen LogP contribution is 2.31. The molecular weight excluding hydrogens is 198 g/mol. The Balaban J connectivity index is 2.63. The summed E-state index contributed by atoms with van der Waals surface area (Å²) in [5.74, 6) is 0. The van der Waals surface area contributed by atoms with Crippen LogP contribution in [0.2, 0.25) is 0 Å². The number of benzene rings is 1. The summed E-state index contributed by atoms with van der Waals surface area (Å²) in [6, 6.07) is 3.53. The lowest BCUT2D eigenvalue weighted by Gasteiger charge is -1.96. The monoisotopic (exact) mass is 209 g/mol. The number of thiazole rings is 1. The minimum absolute atomic E-state index is 0.0969. The number of aliphatic hydroxyl groups is 1. The summed E-state index contributed by atoms with van der Waals surface area (Å²) in [7, 11) is 0. The van der Waals surface area contributed by atoms with Crippen LogP contribution >= 0.6 is 11.3 Å². The molecule has 0 fully saturated rings. The largest absolute Gasteiger partial charge is 0.398 e. The van der Waals surface area contributed by atoms with Crippen LogP contribution in [0.1, 0.15) is 5.01 Å². The Morgan fingerprint density at radius 2 is 2.00 bits per heavy atom. The molecule has 0 spiro atoms. The Bertz CT molecular complexity index is 427. The molecule has 0 aliphatic heterocycles. The Hall–Kier alpha value is -1.33. The number of hydrogen-bond donors (Lipinski definition) is 3. The molecule has 0 saturated carbocycles. The van der Waals surface area contributed by atoms with Crippen molar-refractivity contribution in [2.45, 2.75) is 6.42 Å². The zero-order valence-electron chi connectivity index (χ0n) is 7.53. The van der Waals surface area contributed by atoms with E-state index in [0.29, 0.717) is 17.8 Å². The van der Waals surface area contributed by atoms with E-state index in [-0.39, 0.29) is 6.61 Å². The van der Waals surface area contributed by atoms with Crippen molar-refractivity contribution in [2.75, 3.05) is 18.1 Å². The van der Waals surface area contributed by atoms with E-state index in [9.17, 15) is 0 Å². The number of aromatic nitrogens is 1. The molecule has 0 radical (unpaired) electrons. The van der Waals surface area contributed by atoms with Crippen LogP contribution in [0.3, 0.4) is 0 Å². The molecule has 2 aromatic rings. The van der Waals surface area contributed by atoms with Crippen molar-refractivity contribution in [3.8, 4) is 0 Å². The molecule has 0 aliphatic rings. The average molecular weight is 209 g/mol. The highest BCUT2D eigenvalue weighted by Gasteiger charge is 2.08. The Labute approximate surface area is 85.2 Å². The van der Waals surface area contributed by atoms with Gasteiger partial charge in [-0.2, -0.15) is 0 Å². The van der Waals surface area contributed by atoms with Gasteiger partial charge in [-0.25, -0.2) is 4.98 Å². The van der Waals surface area contributed by atoms with E-state index in [1.54, 1.807) is 12.1 Å². The first-order chi connectivity index (χ1) is 6.72. The van der Waals surface area contributed by atoms with Crippen molar-refractivity contribution in [2.24, 2.45) is 0 Å². The molecular formula is C9H11N3OS. The van der Waals surface area contributed by atoms with Gasteiger partial charge in [-0.1, -0.05) is 0 Å². The fraction of sp³-hybridized carbons (Fsp3) is 0.222. The van der Waals surface area contributed by atoms with Crippen molar-refractivity contribution >= 4 is 32.9 Å². The minimum Gasteiger partial charge on any atom is -0.398 e. The standard InChI is InChI=1S/C9H11N3OS/c10-5-1-2-6(11)9-8(5)12-7(14-9)3-4-13/h1-2,13H,3-4,10-11H2. The lowest BCUT2D eigenvalue weighted by molar-refractivity contribution is 0.299. The van der Waals surface area contributed by atoms with Gasteiger partial charge >= 0.3 is 0 Å². The third-order valence-electron chi connectivity index (χ3n) is 1.98. The van der Waals surface area contributed by atoms with Gasteiger partial charge in [0.15, 0.2) is 0 Å². The molecule has 2 rings (SSSR count). The maximum Gasteiger partial charge on any atom is 0.107 e. The first-order valence-electron chi connectivity index (χ1n) is 4.26. The number of hydrogen-bond acceptors (Lipinski definition) is 5. The van der Waals surface area contributed by atoms with Crippen LogP contribution in [0.5, 0.6) is 0 Å². The molecule has 74 valence electrons. The van der Waals surface area contributed by atoms with Gasteiger partial charge in [0.05, 0.1) is 21.1 Å². The highest BCUT2D eigenvalue weighted by atomic mass is 32.1. The van der Waals surface area contributed by atoms with Crippen LogP contribution in [0.4, 0.5) is 11.4 Å². The van der Waals surface area contributed by atoms with Crippen LogP contribution in [-0.2, 0) is 6.42 Å². The van der Waals surface area contributed by atoms with Crippen molar-refractivity contribution in [1.29, 1.82) is 0 Å². The summed E-state index contributed by atoms with van der Waals surface area (Å²) in [4.78, 5) is 4.32. The number of nitrogens with two attached hydrogens (primary N) is 2. The summed E-state index contributed by atoms with van der Waals surface area (Å²) in [5, 5.41) is 9.66. The molecule has 0 bridgehead atoms.